The van der Waals surface area contributed by atoms with E-state index < -0.39 is 0 Å². The zero-order chi connectivity index (χ0) is 14.1. The number of rotatable bonds is 2. The van der Waals surface area contributed by atoms with Gasteiger partial charge in [-0.2, -0.15) is 5.10 Å². The standard InChI is InChI=1S/C13H17N5O2/c1-8-6-14-7-9(8)12(19)18-5-3-2-4-10(18)11-15-13(20)17-16-11/h6-7,10,14H,2-5H2,1H3,(H2,15,16,17,20). The molecular weight excluding hydrogens is 258 g/mol. The van der Waals surface area contributed by atoms with Gasteiger partial charge in [-0.3, -0.25) is 9.78 Å². The molecule has 0 saturated carbocycles. The summed E-state index contributed by atoms with van der Waals surface area (Å²) < 4.78 is 0. The van der Waals surface area contributed by atoms with Crippen LogP contribution in [0.15, 0.2) is 17.2 Å². The van der Waals surface area contributed by atoms with Crippen molar-refractivity contribution in [3.05, 3.63) is 39.8 Å². The molecule has 1 amide bonds. The lowest BCUT2D eigenvalue weighted by Crippen LogP contribution is -2.39. The van der Waals surface area contributed by atoms with Gasteiger partial charge in [0.05, 0.1) is 11.6 Å². The van der Waals surface area contributed by atoms with E-state index in [1.54, 1.807) is 11.1 Å². The fourth-order valence-electron chi connectivity index (χ4n) is 2.73. The number of piperidine rings is 1. The summed E-state index contributed by atoms with van der Waals surface area (Å²) in [6, 6.07) is -0.163. The second-order valence-corrected chi connectivity index (χ2v) is 5.13. The van der Waals surface area contributed by atoms with Gasteiger partial charge in [0.2, 0.25) is 0 Å². The Kier molecular flexibility index (Phi) is 3.17. The molecule has 1 aliphatic heterocycles. The molecule has 1 atom stereocenters. The first-order valence-electron chi connectivity index (χ1n) is 6.76. The van der Waals surface area contributed by atoms with Gasteiger partial charge in [0, 0.05) is 18.9 Å². The molecule has 0 aromatic carbocycles. The van der Waals surface area contributed by atoms with Gasteiger partial charge < -0.3 is 9.88 Å². The van der Waals surface area contributed by atoms with Crippen LogP contribution in [0.1, 0.15) is 47.1 Å². The van der Waals surface area contributed by atoms with Gasteiger partial charge in [-0.1, -0.05) is 0 Å². The molecule has 2 aromatic rings. The summed E-state index contributed by atoms with van der Waals surface area (Å²) in [4.78, 5) is 31.3. The number of H-pyrrole nitrogens is 3. The fraction of sp³-hybridized carbons (Fsp3) is 0.462. The van der Waals surface area contributed by atoms with E-state index >= 15 is 0 Å². The third-order valence-corrected chi connectivity index (χ3v) is 3.78. The highest BCUT2D eigenvalue weighted by atomic mass is 16.2. The number of nitrogens with zero attached hydrogens (tertiary/aromatic N) is 2. The summed E-state index contributed by atoms with van der Waals surface area (Å²) >= 11 is 0. The van der Waals surface area contributed by atoms with Gasteiger partial charge in [0.25, 0.3) is 5.91 Å². The summed E-state index contributed by atoms with van der Waals surface area (Å²) in [6.07, 6.45) is 6.34. The molecule has 0 spiro atoms. The van der Waals surface area contributed by atoms with Gasteiger partial charge in [0.15, 0.2) is 5.82 Å². The minimum Gasteiger partial charge on any atom is -0.367 e. The third-order valence-electron chi connectivity index (χ3n) is 3.78. The SMILES string of the molecule is Cc1c[nH]cc1C(=O)N1CCCCC1c1n[nH]c(=O)[nH]1. The highest BCUT2D eigenvalue weighted by molar-refractivity contribution is 5.95. The number of aromatic nitrogens is 4. The Hall–Kier alpha value is -2.31. The highest BCUT2D eigenvalue weighted by Crippen LogP contribution is 2.30. The van der Waals surface area contributed by atoms with Crippen LogP contribution in [0.5, 0.6) is 0 Å². The van der Waals surface area contributed by atoms with Crippen LogP contribution in [0.4, 0.5) is 0 Å². The molecule has 1 fully saturated rings. The molecule has 0 bridgehead atoms. The fourth-order valence-corrected chi connectivity index (χ4v) is 2.73. The van der Waals surface area contributed by atoms with Gasteiger partial charge in [-0.15, -0.1) is 0 Å². The van der Waals surface area contributed by atoms with Crippen LogP contribution in [0, 0.1) is 6.92 Å². The van der Waals surface area contributed by atoms with E-state index in [0.29, 0.717) is 17.9 Å². The quantitative estimate of drug-likeness (QED) is 0.765. The van der Waals surface area contributed by atoms with Gasteiger partial charge in [0.1, 0.15) is 0 Å². The van der Waals surface area contributed by atoms with E-state index in [-0.39, 0.29) is 17.6 Å². The maximum absolute atomic E-state index is 12.6. The Labute approximate surface area is 115 Å². The third kappa shape index (κ3) is 2.15. The van der Waals surface area contributed by atoms with Crippen molar-refractivity contribution in [2.75, 3.05) is 6.54 Å². The van der Waals surface area contributed by atoms with Crippen molar-refractivity contribution in [2.24, 2.45) is 0 Å². The summed E-state index contributed by atoms with van der Waals surface area (Å²) in [6.45, 7) is 2.59. The van der Waals surface area contributed by atoms with Crippen LogP contribution < -0.4 is 5.69 Å². The van der Waals surface area contributed by atoms with E-state index in [0.717, 1.165) is 24.8 Å². The van der Waals surface area contributed by atoms with Crippen molar-refractivity contribution in [3.8, 4) is 0 Å². The van der Waals surface area contributed by atoms with E-state index in [9.17, 15) is 9.59 Å². The lowest BCUT2D eigenvalue weighted by molar-refractivity contribution is 0.0600. The number of carbonyl (C=O) groups excluding carboxylic acids is 1. The summed E-state index contributed by atoms with van der Waals surface area (Å²) in [5.74, 6) is 0.522. The lowest BCUT2D eigenvalue weighted by Gasteiger charge is -2.34. The molecule has 3 heterocycles. The van der Waals surface area contributed by atoms with Crippen LogP contribution >= 0.6 is 0 Å². The molecule has 7 nitrogen and oxygen atoms in total. The van der Waals surface area contributed by atoms with Crippen LogP contribution in [0.25, 0.3) is 0 Å². The highest BCUT2D eigenvalue weighted by Gasteiger charge is 2.31. The van der Waals surface area contributed by atoms with E-state index in [1.807, 2.05) is 13.1 Å². The number of aryl methyl sites for hydroxylation is 1. The number of hydrogen-bond donors (Lipinski definition) is 3. The Morgan fingerprint density at radius 3 is 2.90 bits per heavy atom. The monoisotopic (exact) mass is 275 g/mol. The van der Waals surface area contributed by atoms with Gasteiger partial charge >= 0.3 is 5.69 Å². The first-order valence-corrected chi connectivity index (χ1v) is 6.76. The van der Waals surface area contributed by atoms with Crippen molar-refractivity contribution >= 4 is 5.91 Å². The molecule has 7 heteroatoms. The van der Waals surface area contributed by atoms with Crippen LogP contribution in [0.2, 0.25) is 0 Å². The summed E-state index contributed by atoms with van der Waals surface area (Å²) in [5, 5.41) is 6.35. The van der Waals surface area contributed by atoms with E-state index in [4.69, 9.17) is 0 Å². The number of hydrogen-bond acceptors (Lipinski definition) is 3. The lowest BCUT2D eigenvalue weighted by atomic mass is 10.00. The van der Waals surface area contributed by atoms with Crippen LogP contribution in [-0.2, 0) is 0 Å². The van der Waals surface area contributed by atoms with Crippen molar-refractivity contribution in [1.29, 1.82) is 0 Å². The van der Waals surface area contributed by atoms with E-state index in [2.05, 4.69) is 20.2 Å². The molecule has 0 radical (unpaired) electrons. The average molecular weight is 275 g/mol. The van der Waals surface area contributed by atoms with Crippen LogP contribution in [0.3, 0.4) is 0 Å². The maximum Gasteiger partial charge on any atom is 0.340 e. The normalized spacial score (nSPS) is 19.2. The van der Waals surface area contributed by atoms with Crippen molar-refractivity contribution in [1.82, 2.24) is 25.1 Å². The second kappa shape index (κ2) is 4.99. The Morgan fingerprint density at radius 1 is 1.40 bits per heavy atom. The Morgan fingerprint density at radius 2 is 2.25 bits per heavy atom. The first kappa shape index (κ1) is 12.7. The zero-order valence-electron chi connectivity index (χ0n) is 11.3. The van der Waals surface area contributed by atoms with Crippen molar-refractivity contribution in [3.63, 3.8) is 0 Å². The zero-order valence-corrected chi connectivity index (χ0v) is 11.3. The molecule has 1 aliphatic rings. The average Bonchev–Trinajstić information content (AvgIpc) is 3.07. The maximum atomic E-state index is 12.6. The molecule has 20 heavy (non-hydrogen) atoms. The van der Waals surface area contributed by atoms with Crippen LogP contribution in [-0.4, -0.2) is 37.5 Å². The molecule has 3 rings (SSSR count). The number of likely N-dealkylation sites (tertiary alicyclic amines) is 1. The summed E-state index contributed by atoms with van der Waals surface area (Å²) in [7, 11) is 0. The minimum absolute atomic E-state index is 0.0164. The molecule has 2 aromatic heterocycles. The predicted molar refractivity (Wildman–Crippen MR) is 72.4 cm³/mol. The molecular formula is C13H17N5O2. The smallest absolute Gasteiger partial charge is 0.340 e. The molecule has 1 saturated heterocycles. The minimum atomic E-state index is -0.337. The largest absolute Gasteiger partial charge is 0.367 e. The number of nitrogens with one attached hydrogen (secondary N) is 3. The first-order chi connectivity index (χ1) is 9.66. The van der Waals surface area contributed by atoms with Crippen molar-refractivity contribution in [2.45, 2.75) is 32.2 Å². The van der Waals surface area contributed by atoms with Gasteiger partial charge in [-0.25, -0.2) is 9.89 Å². The molecule has 3 N–H and O–H groups in total. The Balaban J connectivity index is 1.91. The number of carbonyl (C=O) groups is 1. The van der Waals surface area contributed by atoms with E-state index in [1.165, 1.54) is 0 Å². The van der Waals surface area contributed by atoms with Gasteiger partial charge in [-0.05, 0) is 31.7 Å². The Bertz CT molecular complexity index is 668. The molecule has 106 valence electrons. The predicted octanol–water partition coefficient (Wildman–Crippen LogP) is 1.10. The number of amides is 1. The summed E-state index contributed by atoms with van der Waals surface area (Å²) in [5.41, 5.74) is 1.26. The molecule has 0 aliphatic carbocycles. The second-order valence-electron chi connectivity index (χ2n) is 5.13. The van der Waals surface area contributed by atoms with Crippen molar-refractivity contribution < 1.29 is 4.79 Å². The molecule has 1 unspecified atom stereocenters. The number of aromatic amines is 3. The topological polar surface area (TPSA) is 97.6 Å².